The van der Waals surface area contributed by atoms with Crippen molar-refractivity contribution in [3.63, 3.8) is 0 Å². The number of rotatable bonds is 3. The minimum Gasteiger partial charge on any atom is -0.481 e. The predicted molar refractivity (Wildman–Crippen MR) is 86.9 cm³/mol. The SMILES string of the molecule is Cl.O=C(O)C1CCN(C(=O)c2cccc(N3CCCC3=O)c2)C1. The van der Waals surface area contributed by atoms with Crippen molar-refractivity contribution < 1.29 is 19.5 Å². The fourth-order valence-electron chi connectivity index (χ4n) is 3.06. The van der Waals surface area contributed by atoms with Crippen LogP contribution >= 0.6 is 12.4 Å². The quantitative estimate of drug-likeness (QED) is 0.911. The van der Waals surface area contributed by atoms with Crippen LogP contribution in [0.25, 0.3) is 0 Å². The summed E-state index contributed by atoms with van der Waals surface area (Å²) in [7, 11) is 0. The van der Waals surface area contributed by atoms with Crippen LogP contribution in [0.15, 0.2) is 24.3 Å². The first-order valence-electron chi connectivity index (χ1n) is 7.49. The molecule has 1 aromatic rings. The maximum atomic E-state index is 12.5. The topological polar surface area (TPSA) is 77.9 Å². The van der Waals surface area contributed by atoms with Gasteiger partial charge in [0.05, 0.1) is 5.92 Å². The molecule has 2 heterocycles. The standard InChI is InChI=1S/C16H18N2O4.ClH/c19-14-5-2-7-18(14)13-4-1-3-11(9-13)15(20)17-8-6-12(10-17)16(21)22;/h1,3-4,9,12H,2,5-8,10H2,(H,21,22);1H. The summed E-state index contributed by atoms with van der Waals surface area (Å²) < 4.78 is 0. The van der Waals surface area contributed by atoms with Crippen molar-refractivity contribution >= 4 is 35.9 Å². The first kappa shape index (κ1) is 17.3. The summed E-state index contributed by atoms with van der Waals surface area (Å²) in [5.41, 5.74) is 1.24. The number of halogens is 1. The van der Waals surface area contributed by atoms with E-state index in [0.29, 0.717) is 31.5 Å². The van der Waals surface area contributed by atoms with E-state index in [9.17, 15) is 14.4 Å². The molecule has 124 valence electrons. The molecule has 0 spiro atoms. The Morgan fingerprint density at radius 1 is 1.22 bits per heavy atom. The molecule has 2 aliphatic heterocycles. The molecule has 7 heteroatoms. The Morgan fingerprint density at radius 2 is 2.00 bits per heavy atom. The van der Waals surface area contributed by atoms with Gasteiger partial charge < -0.3 is 14.9 Å². The number of hydrogen-bond donors (Lipinski definition) is 1. The van der Waals surface area contributed by atoms with Crippen LogP contribution in [0.3, 0.4) is 0 Å². The van der Waals surface area contributed by atoms with Gasteiger partial charge in [0, 0.05) is 37.3 Å². The Morgan fingerprint density at radius 3 is 2.61 bits per heavy atom. The number of amides is 2. The van der Waals surface area contributed by atoms with Crippen LogP contribution in [0.5, 0.6) is 0 Å². The number of benzene rings is 1. The number of hydrogen-bond acceptors (Lipinski definition) is 3. The Hall–Kier alpha value is -2.08. The van der Waals surface area contributed by atoms with Gasteiger partial charge in [-0.2, -0.15) is 0 Å². The molecule has 2 amide bonds. The van der Waals surface area contributed by atoms with E-state index in [1.807, 2.05) is 6.07 Å². The van der Waals surface area contributed by atoms with Crippen molar-refractivity contribution in [2.75, 3.05) is 24.5 Å². The molecule has 2 aliphatic rings. The molecular formula is C16H19ClN2O4. The Kier molecular flexibility index (Phi) is 5.26. The number of carbonyl (C=O) groups is 3. The van der Waals surface area contributed by atoms with Gasteiger partial charge in [0.15, 0.2) is 0 Å². The average molecular weight is 339 g/mol. The summed E-state index contributed by atoms with van der Waals surface area (Å²) in [6.45, 7) is 1.39. The molecule has 1 unspecified atom stereocenters. The molecule has 2 fully saturated rings. The molecule has 0 radical (unpaired) electrons. The van der Waals surface area contributed by atoms with Gasteiger partial charge in [-0.25, -0.2) is 0 Å². The number of nitrogens with zero attached hydrogens (tertiary/aromatic N) is 2. The third-order valence-electron chi connectivity index (χ3n) is 4.30. The lowest BCUT2D eigenvalue weighted by Crippen LogP contribution is -2.30. The van der Waals surface area contributed by atoms with E-state index in [4.69, 9.17) is 5.11 Å². The normalized spacial score (nSPS) is 20.5. The lowest BCUT2D eigenvalue weighted by molar-refractivity contribution is -0.141. The molecule has 0 aliphatic carbocycles. The summed E-state index contributed by atoms with van der Waals surface area (Å²) in [6, 6.07) is 7.02. The number of likely N-dealkylation sites (tertiary alicyclic amines) is 1. The molecule has 23 heavy (non-hydrogen) atoms. The molecular weight excluding hydrogens is 320 g/mol. The second-order valence-corrected chi connectivity index (χ2v) is 5.77. The highest BCUT2D eigenvalue weighted by Gasteiger charge is 2.31. The van der Waals surface area contributed by atoms with E-state index < -0.39 is 11.9 Å². The van der Waals surface area contributed by atoms with Crippen molar-refractivity contribution in [1.29, 1.82) is 0 Å². The fraction of sp³-hybridized carbons (Fsp3) is 0.438. The fourth-order valence-corrected chi connectivity index (χ4v) is 3.06. The largest absolute Gasteiger partial charge is 0.481 e. The number of aliphatic carboxylic acids is 1. The van der Waals surface area contributed by atoms with E-state index in [-0.39, 0.29) is 30.8 Å². The van der Waals surface area contributed by atoms with Gasteiger partial charge in [0.25, 0.3) is 5.91 Å². The van der Waals surface area contributed by atoms with Gasteiger partial charge in [-0.15, -0.1) is 12.4 Å². The summed E-state index contributed by atoms with van der Waals surface area (Å²) in [5.74, 6) is -1.42. The summed E-state index contributed by atoms with van der Waals surface area (Å²) in [5, 5.41) is 9.02. The van der Waals surface area contributed by atoms with E-state index in [2.05, 4.69) is 0 Å². The third-order valence-corrected chi connectivity index (χ3v) is 4.30. The lowest BCUT2D eigenvalue weighted by Gasteiger charge is -2.19. The first-order valence-corrected chi connectivity index (χ1v) is 7.49. The third kappa shape index (κ3) is 3.47. The van der Waals surface area contributed by atoms with Gasteiger partial charge >= 0.3 is 5.97 Å². The highest BCUT2D eigenvalue weighted by atomic mass is 35.5. The minimum atomic E-state index is -0.855. The summed E-state index contributed by atoms with van der Waals surface area (Å²) >= 11 is 0. The summed E-state index contributed by atoms with van der Waals surface area (Å²) in [4.78, 5) is 38.5. The van der Waals surface area contributed by atoms with Crippen molar-refractivity contribution in [2.24, 2.45) is 5.92 Å². The van der Waals surface area contributed by atoms with Crippen LogP contribution in [0, 0.1) is 5.92 Å². The highest BCUT2D eigenvalue weighted by Crippen LogP contribution is 2.24. The molecule has 2 saturated heterocycles. The predicted octanol–water partition coefficient (Wildman–Crippen LogP) is 1.78. The van der Waals surface area contributed by atoms with E-state index in [1.54, 1.807) is 28.0 Å². The molecule has 3 rings (SSSR count). The van der Waals surface area contributed by atoms with Crippen LogP contribution < -0.4 is 4.90 Å². The van der Waals surface area contributed by atoms with Gasteiger partial charge in [-0.05, 0) is 31.0 Å². The molecule has 6 nitrogen and oxygen atoms in total. The van der Waals surface area contributed by atoms with Crippen LogP contribution in [0.1, 0.15) is 29.6 Å². The number of carboxylic acids is 1. The van der Waals surface area contributed by atoms with Crippen LogP contribution in [0.4, 0.5) is 5.69 Å². The monoisotopic (exact) mass is 338 g/mol. The number of carbonyl (C=O) groups excluding carboxylic acids is 2. The zero-order valence-corrected chi connectivity index (χ0v) is 13.4. The van der Waals surface area contributed by atoms with E-state index in [1.165, 1.54) is 0 Å². The second kappa shape index (κ2) is 7.00. The Labute approximate surface area is 140 Å². The zero-order valence-electron chi connectivity index (χ0n) is 12.6. The van der Waals surface area contributed by atoms with Gasteiger partial charge in [0.2, 0.25) is 5.91 Å². The van der Waals surface area contributed by atoms with Crippen LogP contribution in [-0.2, 0) is 9.59 Å². The summed E-state index contributed by atoms with van der Waals surface area (Å²) in [6.07, 6.45) is 1.87. The van der Waals surface area contributed by atoms with Crippen LogP contribution in [-0.4, -0.2) is 47.4 Å². The Balaban J connectivity index is 0.00000192. The van der Waals surface area contributed by atoms with Crippen molar-refractivity contribution in [1.82, 2.24) is 4.90 Å². The lowest BCUT2D eigenvalue weighted by atomic mass is 10.1. The molecule has 1 aromatic carbocycles. The van der Waals surface area contributed by atoms with Crippen molar-refractivity contribution in [3.05, 3.63) is 29.8 Å². The molecule has 0 aromatic heterocycles. The average Bonchev–Trinajstić information content (AvgIpc) is 3.15. The van der Waals surface area contributed by atoms with Crippen molar-refractivity contribution in [2.45, 2.75) is 19.3 Å². The molecule has 1 atom stereocenters. The second-order valence-electron chi connectivity index (χ2n) is 5.77. The number of anilines is 1. The van der Waals surface area contributed by atoms with Crippen molar-refractivity contribution in [3.8, 4) is 0 Å². The van der Waals surface area contributed by atoms with Gasteiger partial charge in [-0.3, -0.25) is 14.4 Å². The molecule has 1 N–H and O–H groups in total. The highest BCUT2D eigenvalue weighted by molar-refractivity contribution is 5.99. The molecule has 0 bridgehead atoms. The van der Waals surface area contributed by atoms with Gasteiger partial charge in [0.1, 0.15) is 0 Å². The first-order chi connectivity index (χ1) is 10.6. The van der Waals surface area contributed by atoms with Crippen LogP contribution in [0.2, 0.25) is 0 Å². The number of carboxylic acid groups (broad SMARTS) is 1. The van der Waals surface area contributed by atoms with E-state index in [0.717, 1.165) is 12.1 Å². The van der Waals surface area contributed by atoms with Gasteiger partial charge in [-0.1, -0.05) is 6.07 Å². The smallest absolute Gasteiger partial charge is 0.308 e. The maximum Gasteiger partial charge on any atom is 0.308 e. The Bertz CT molecular complexity index is 634. The minimum absolute atomic E-state index is 0. The zero-order chi connectivity index (χ0) is 15.7. The molecule has 0 saturated carbocycles. The van der Waals surface area contributed by atoms with E-state index >= 15 is 0 Å². The maximum absolute atomic E-state index is 12.5.